The lowest BCUT2D eigenvalue weighted by molar-refractivity contribution is -0.112. The van der Waals surface area contributed by atoms with Crippen LogP contribution >= 0.6 is 0 Å². The Labute approximate surface area is 153 Å². The Morgan fingerprint density at radius 2 is 1.23 bits per heavy atom. The molecular weight excluding hydrogens is 320 g/mol. The molecule has 0 aliphatic rings. The molecule has 1 atom stereocenters. The second-order valence-corrected chi connectivity index (χ2v) is 5.93. The Kier molecular flexibility index (Phi) is 5.92. The molecule has 0 bridgehead atoms. The molecule has 0 amide bonds. The number of carbonyl (C=O) groups is 1. The van der Waals surface area contributed by atoms with E-state index >= 15 is 0 Å². The van der Waals surface area contributed by atoms with Crippen LogP contribution in [0.3, 0.4) is 0 Å². The van der Waals surface area contributed by atoms with E-state index in [-0.39, 0.29) is 5.78 Å². The minimum atomic E-state index is -0.982. The number of benzene rings is 3. The molecule has 0 aliphatic heterocycles. The number of hydrogen-bond acceptors (Lipinski definition) is 2. The molecule has 0 fully saturated rings. The Balaban J connectivity index is 1.93. The van der Waals surface area contributed by atoms with Crippen molar-refractivity contribution in [3.8, 4) is 0 Å². The fraction of sp³-hybridized carbons (Fsp3) is 0.0417. The average Bonchev–Trinajstić information content (AvgIpc) is 2.72. The fourth-order valence-corrected chi connectivity index (χ4v) is 2.66. The molecule has 0 saturated carbocycles. The van der Waals surface area contributed by atoms with E-state index in [2.05, 4.69) is 0 Å². The van der Waals surface area contributed by atoms with Crippen molar-refractivity contribution in [1.29, 1.82) is 0 Å². The van der Waals surface area contributed by atoms with Gasteiger partial charge in [0.25, 0.3) is 0 Å². The third kappa shape index (κ3) is 4.65. The number of aliphatic hydroxyl groups excluding tert-OH is 1. The molecular formula is C24H20O2. The lowest BCUT2D eigenvalue weighted by Gasteiger charge is -2.13. The molecule has 0 aromatic heterocycles. The quantitative estimate of drug-likeness (QED) is 0.635. The van der Waals surface area contributed by atoms with Crippen molar-refractivity contribution in [3.63, 3.8) is 0 Å². The van der Waals surface area contributed by atoms with Crippen molar-refractivity contribution in [2.45, 2.75) is 6.10 Å². The predicted molar refractivity (Wildman–Crippen MR) is 106 cm³/mol. The van der Waals surface area contributed by atoms with Gasteiger partial charge in [0.1, 0.15) is 6.10 Å². The van der Waals surface area contributed by atoms with Crippen LogP contribution in [0.15, 0.2) is 103 Å². The highest BCUT2D eigenvalue weighted by atomic mass is 16.3. The molecule has 3 aromatic rings. The van der Waals surface area contributed by atoms with Gasteiger partial charge in [-0.25, -0.2) is 0 Å². The van der Waals surface area contributed by atoms with Crippen LogP contribution < -0.4 is 0 Å². The average molecular weight is 340 g/mol. The maximum Gasteiger partial charge on any atom is 0.184 e. The van der Waals surface area contributed by atoms with Gasteiger partial charge in [0.05, 0.1) is 0 Å². The number of ketones is 1. The number of carbonyl (C=O) groups excluding carboxylic acids is 1. The van der Waals surface area contributed by atoms with Gasteiger partial charge < -0.3 is 5.11 Å². The largest absolute Gasteiger partial charge is 0.384 e. The van der Waals surface area contributed by atoms with Crippen LogP contribution in [0.2, 0.25) is 0 Å². The summed E-state index contributed by atoms with van der Waals surface area (Å²) in [4.78, 5) is 12.8. The summed E-state index contributed by atoms with van der Waals surface area (Å²) in [7, 11) is 0. The molecule has 2 nitrogen and oxygen atoms in total. The molecule has 0 spiro atoms. The summed E-state index contributed by atoms with van der Waals surface area (Å²) in [6, 6.07) is 28.4. The second-order valence-electron chi connectivity index (χ2n) is 5.93. The summed E-state index contributed by atoms with van der Waals surface area (Å²) in [5, 5.41) is 10.8. The third-order valence-electron chi connectivity index (χ3n) is 4.04. The van der Waals surface area contributed by atoms with E-state index in [1.165, 1.54) is 6.08 Å². The normalized spacial score (nSPS) is 12.9. The monoisotopic (exact) mass is 340 g/mol. The fourth-order valence-electron chi connectivity index (χ4n) is 2.66. The van der Waals surface area contributed by atoms with E-state index in [4.69, 9.17) is 0 Å². The first kappa shape index (κ1) is 17.6. The zero-order valence-electron chi connectivity index (χ0n) is 14.3. The standard InChI is InChI=1S/C24H20O2/c25-23(17-16-19-10-4-1-5-11-19)22(18-20-12-6-2-7-13-20)24(26)21-14-8-3-9-15-21/h1-18,24,26H/b17-16+,22-18+. The summed E-state index contributed by atoms with van der Waals surface area (Å²) in [5.41, 5.74) is 2.85. The van der Waals surface area contributed by atoms with Crippen molar-refractivity contribution in [2.24, 2.45) is 0 Å². The smallest absolute Gasteiger partial charge is 0.184 e. The molecule has 0 saturated heterocycles. The van der Waals surface area contributed by atoms with Crippen LogP contribution in [-0.2, 0) is 4.79 Å². The van der Waals surface area contributed by atoms with E-state index in [1.54, 1.807) is 12.2 Å². The minimum absolute atomic E-state index is 0.214. The molecule has 26 heavy (non-hydrogen) atoms. The Bertz CT molecular complexity index is 895. The van der Waals surface area contributed by atoms with E-state index in [0.29, 0.717) is 11.1 Å². The maximum absolute atomic E-state index is 12.8. The van der Waals surface area contributed by atoms with E-state index in [9.17, 15) is 9.90 Å². The summed E-state index contributed by atoms with van der Waals surface area (Å²) in [6.45, 7) is 0. The van der Waals surface area contributed by atoms with Crippen LogP contribution in [0.4, 0.5) is 0 Å². The van der Waals surface area contributed by atoms with Gasteiger partial charge in [0.2, 0.25) is 0 Å². The van der Waals surface area contributed by atoms with E-state index in [1.807, 2.05) is 91.0 Å². The Morgan fingerprint density at radius 1 is 0.731 bits per heavy atom. The Hall–Kier alpha value is -3.23. The van der Waals surface area contributed by atoms with Crippen molar-refractivity contribution < 1.29 is 9.90 Å². The molecule has 1 N–H and O–H groups in total. The third-order valence-corrected chi connectivity index (χ3v) is 4.04. The Morgan fingerprint density at radius 3 is 1.81 bits per heavy atom. The summed E-state index contributed by atoms with van der Waals surface area (Å²) in [6.07, 6.45) is 4.04. The van der Waals surface area contributed by atoms with Gasteiger partial charge in [0, 0.05) is 5.57 Å². The molecule has 3 aromatic carbocycles. The zero-order valence-corrected chi connectivity index (χ0v) is 14.3. The molecule has 1 unspecified atom stereocenters. The van der Waals surface area contributed by atoms with Crippen molar-refractivity contribution in [1.82, 2.24) is 0 Å². The maximum atomic E-state index is 12.8. The summed E-state index contributed by atoms with van der Waals surface area (Å²) in [5.74, 6) is -0.214. The number of allylic oxidation sites excluding steroid dienone is 1. The van der Waals surface area contributed by atoms with Gasteiger partial charge in [0.15, 0.2) is 5.78 Å². The van der Waals surface area contributed by atoms with Crippen LogP contribution in [0.1, 0.15) is 22.8 Å². The first-order chi connectivity index (χ1) is 12.7. The highest BCUT2D eigenvalue weighted by molar-refractivity contribution is 6.09. The highest BCUT2D eigenvalue weighted by Gasteiger charge is 2.18. The van der Waals surface area contributed by atoms with Gasteiger partial charge in [-0.1, -0.05) is 97.1 Å². The molecule has 3 rings (SSSR count). The molecule has 0 heterocycles. The van der Waals surface area contributed by atoms with Gasteiger partial charge in [-0.3, -0.25) is 4.79 Å². The van der Waals surface area contributed by atoms with Crippen molar-refractivity contribution in [2.75, 3.05) is 0 Å². The zero-order chi connectivity index (χ0) is 18.2. The predicted octanol–water partition coefficient (Wildman–Crippen LogP) is 5.09. The van der Waals surface area contributed by atoms with E-state index in [0.717, 1.165) is 11.1 Å². The van der Waals surface area contributed by atoms with Gasteiger partial charge >= 0.3 is 0 Å². The summed E-state index contributed by atoms with van der Waals surface area (Å²) < 4.78 is 0. The molecule has 2 heteroatoms. The SMILES string of the molecule is O=C(/C=C/c1ccccc1)/C(=C\c1ccccc1)C(O)c1ccccc1. The lowest BCUT2D eigenvalue weighted by Crippen LogP contribution is -2.09. The van der Waals surface area contributed by atoms with Crippen LogP contribution in [0.5, 0.6) is 0 Å². The number of hydrogen-bond donors (Lipinski definition) is 1. The first-order valence-electron chi connectivity index (χ1n) is 8.51. The highest BCUT2D eigenvalue weighted by Crippen LogP contribution is 2.25. The van der Waals surface area contributed by atoms with Gasteiger partial charge in [-0.2, -0.15) is 0 Å². The van der Waals surface area contributed by atoms with Crippen LogP contribution in [-0.4, -0.2) is 10.9 Å². The number of rotatable bonds is 6. The second kappa shape index (κ2) is 8.75. The number of aliphatic hydroxyl groups is 1. The minimum Gasteiger partial charge on any atom is -0.384 e. The van der Waals surface area contributed by atoms with Crippen LogP contribution in [0, 0.1) is 0 Å². The lowest BCUT2D eigenvalue weighted by atomic mass is 9.95. The molecule has 0 radical (unpaired) electrons. The first-order valence-corrected chi connectivity index (χ1v) is 8.51. The molecule has 128 valence electrons. The van der Waals surface area contributed by atoms with Gasteiger partial charge in [-0.15, -0.1) is 0 Å². The topological polar surface area (TPSA) is 37.3 Å². The molecule has 0 aliphatic carbocycles. The van der Waals surface area contributed by atoms with E-state index < -0.39 is 6.10 Å². The van der Waals surface area contributed by atoms with Gasteiger partial charge in [-0.05, 0) is 28.8 Å². The van der Waals surface area contributed by atoms with Crippen LogP contribution in [0.25, 0.3) is 12.2 Å². The summed E-state index contributed by atoms with van der Waals surface area (Å²) >= 11 is 0. The van der Waals surface area contributed by atoms with Crippen molar-refractivity contribution >= 4 is 17.9 Å². The van der Waals surface area contributed by atoms with Crippen molar-refractivity contribution in [3.05, 3.63) is 119 Å².